The van der Waals surface area contributed by atoms with Gasteiger partial charge in [-0.05, 0) is 42.3 Å². The fourth-order valence-corrected chi connectivity index (χ4v) is 4.81. The zero-order valence-corrected chi connectivity index (χ0v) is 19.8. The lowest BCUT2D eigenvalue weighted by molar-refractivity contribution is -0.121. The number of nitrogens with one attached hydrogen (secondary N) is 1. The normalized spacial score (nSPS) is 12.5. The second kappa shape index (κ2) is 9.64. The van der Waals surface area contributed by atoms with Gasteiger partial charge in [0.1, 0.15) is 11.3 Å². The Kier molecular flexibility index (Phi) is 6.65. The minimum absolute atomic E-state index is 0.0474. The third-order valence-electron chi connectivity index (χ3n) is 5.66. The first-order valence-corrected chi connectivity index (χ1v) is 12.9. The van der Waals surface area contributed by atoms with E-state index in [1.165, 1.54) is 12.3 Å². The Bertz CT molecular complexity index is 1420. The maximum Gasteiger partial charge on any atom is 0.220 e. The van der Waals surface area contributed by atoms with E-state index < -0.39 is 15.9 Å². The molecule has 176 valence electrons. The lowest BCUT2D eigenvalue weighted by Crippen LogP contribution is -2.29. The molecule has 0 bridgehead atoms. The number of amides is 1. The Morgan fingerprint density at radius 1 is 1.18 bits per heavy atom. The molecule has 8 nitrogen and oxygen atoms in total. The van der Waals surface area contributed by atoms with Crippen molar-refractivity contribution in [3.8, 4) is 11.4 Å². The van der Waals surface area contributed by atoms with Crippen molar-refractivity contribution in [1.82, 2.24) is 19.9 Å². The molecule has 0 spiro atoms. The summed E-state index contributed by atoms with van der Waals surface area (Å²) in [6, 6.07) is 11.3. The Labute approximate surface area is 198 Å². The summed E-state index contributed by atoms with van der Waals surface area (Å²) in [5.41, 5.74) is 2.01. The largest absolute Gasteiger partial charge is 0.505 e. The molecule has 0 saturated carbocycles. The maximum atomic E-state index is 12.7. The van der Waals surface area contributed by atoms with Gasteiger partial charge in [-0.1, -0.05) is 25.5 Å². The van der Waals surface area contributed by atoms with Gasteiger partial charge in [0.25, 0.3) is 0 Å². The van der Waals surface area contributed by atoms with Gasteiger partial charge in [-0.3, -0.25) is 9.78 Å². The fourth-order valence-electron chi connectivity index (χ4n) is 3.91. The van der Waals surface area contributed by atoms with Gasteiger partial charge in [0.05, 0.1) is 17.3 Å². The van der Waals surface area contributed by atoms with E-state index in [1.54, 1.807) is 24.7 Å². The Morgan fingerprint density at radius 3 is 2.59 bits per heavy atom. The molecule has 9 heteroatoms. The van der Waals surface area contributed by atoms with Gasteiger partial charge in [0, 0.05) is 47.9 Å². The molecule has 0 aliphatic heterocycles. The van der Waals surface area contributed by atoms with E-state index >= 15 is 0 Å². The van der Waals surface area contributed by atoms with Crippen LogP contribution in [0, 0.1) is 0 Å². The summed E-state index contributed by atoms with van der Waals surface area (Å²) >= 11 is 0. The van der Waals surface area contributed by atoms with E-state index in [0.717, 1.165) is 24.8 Å². The van der Waals surface area contributed by atoms with Gasteiger partial charge in [0.15, 0.2) is 9.84 Å². The van der Waals surface area contributed by atoms with Crippen molar-refractivity contribution in [2.45, 2.75) is 37.1 Å². The zero-order chi connectivity index (χ0) is 24.3. The number of aromatic nitrogens is 3. The fraction of sp³-hybridized carbons (Fsp3) is 0.240. The number of fused-ring (bicyclic) bond motifs is 1. The second-order valence-electron chi connectivity index (χ2n) is 8.15. The standard InChI is InChI=1S/C25H26N4O4S/c1-3-4-7-22(30)28-23(17-8-10-18(11-9-17)29-14-13-26-16-29)20-15-21(34(2,32)33)19-6-5-12-27-24(19)25(20)31/h5-6,8-16,23,31H,3-4,7H2,1-2H3,(H,28,30). The lowest BCUT2D eigenvalue weighted by Gasteiger charge is -2.23. The highest BCUT2D eigenvalue weighted by Gasteiger charge is 2.26. The molecule has 2 aromatic heterocycles. The van der Waals surface area contributed by atoms with E-state index in [4.69, 9.17) is 0 Å². The SMILES string of the molecule is CCCCC(=O)NC(c1ccc(-n2ccnc2)cc1)c1cc(S(C)(=O)=O)c2cccnc2c1O. The predicted molar refractivity (Wildman–Crippen MR) is 130 cm³/mol. The van der Waals surface area contributed by atoms with Crippen LogP contribution in [0.1, 0.15) is 43.4 Å². The summed E-state index contributed by atoms with van der Waals surface area (Å²) in [7, 11) is -3.64. The Hall–Kier alpha value is -3.72. The first-order chi connectivity index (χ1) is 16.3. The number of hydrogen-bond acceptors (Lipinski definition) is 6. The predicted octanol–water partition coefficient (Wildman–Crippen LogP) is 3.93. The molecule has 1 atom stereocenters. The first-order valence-electron chi connectivity index (χ1n) is 11.0. The highest BCUT2D eigenvalue weighted by atomic mass is 32.2. The number of phenolic OH excluding ortho intramolecular Hbond substituents is 1. The number of carbonyl (C=O) groups is 1. The van der Waals surface area contributed by atoms with E-state index in [0.29, 0.717) is 17.4 Å². The van der Waals surface area contributed by atoms with E-state index in [1.807, 2.05) is 42.0 Å². The number of carbonyl (C=O) groups excluding carboxylic acids is 1. The number of sulfone groups is 1. The molecule has 0 aliphatic carbocycles. The molecule has 0 aliphatic rings. The molecule has 4 rings (SSSR count). The monoisotopic (exact) mass is 478 g/mol. The summed E-state index contributed by atoms with van der Waals surface area (Å²) in [6.45, 7) is 2.00. The van der Waals surface area contributed by atoms with Crippen LogP contribution < -0.4 is 5.32 Å². The van der Waals surface area contributed by atoms with Crippen molar-refractivity contribution in [3.05, 3.63) is 78.5 Å². The smallest absolute Gasteiger partial charge is 0.220 e. The molecule has 2 heterocycles. The van der Waals surface area contributed by atoms with Crippen LogP contribution in [-0.2, 0) is 14.6 Å². The van der Waals surface area contributed by atoms with Gasteiger partial charge in [0.2, 0.25) is 5.91 Å². The van der Waals surface area contributed by atoms with Gasteiger partial charge in [-0.25, -0.2) is 13.4 Å². The van der Waals surface area contributed by atoms with Crippen LogP contribution in [0.5, 0.6) is 5.75 Å². The van der Waals surface area contributed by atoms with E-state index in [-0.39, 0.29) is 27.6 Å². The summed E-state index contributed by atoms with van der Waals surface area (Å²) < 4.78 is 27.1. The van der Waals surface area contributed by atoms with Crippen LogP contribution in [-0.4, -0.2) is 40.2 Å². The number of unbranched alkanes of at least 4 members (excludes halogenated alkanes) is 1. The average Bonchev–Trinajstić information content (AvgIpc) is 3.36. The minimum atomic E-state index is -3.64. The Balaban J connectivity index is 1.87. The number of benzene rings is 2. The highest BCUT2D eigenvalue weighted by Crippen LogP contribution is 2.38. The third-order valence-corrected chi connectivity index (χ3v) is 6.80. The molecule has 0 fully saturated rings. The van der Waals surface area contributed by atoms with Crippen LogP contribution in [0.4, 0.5) is 0 Å². The molecular weight excluding hydrogens is 452 g/mol. The van der Waals surface area contributed by atoms with Gasteiger partial charge >= 0.3 is 0 Å². The number of pyridine rings is 1. The molecule has 1 amide bonds. The van der Waals surface area contributed by atoms with Crippen LogP contribution >= 0.6 is 0 Å². The molecular formula is C25H26N4O4S. The zero-order valence-electron chi connectivity index (χ0n) is 19.0. The van der Waals surface area contributed by atoms with Crippen LogP contribution in [0.15, 0.2) is 72.3 Å². The lowest BCUT2D eigenvalue weighted by atomic mass is 9.95. The molecule has 2 aromatic carbocycles. The number of imidazole rings is 1. The Morgan fingerprint density at radius 2 is 1.94 bits per heavy atom. The van der Waals surface area contributed by atoms with Crippen molar-refractivity contribution in [2.75, 3.05) is 6.26 Å². The second-order valence-corrected chi connectivity index (χ2v) is 10.1. The van der Waals surface area contributed by atoms with Gasteiger partial charge < -0.3 is 15.0 Å². The quantitative estimate of drug-likeness (QED) is 0.397. The number of aromatic hydroxyl groups is 1. The summed E-state index contributed by atoms with van der Waals surface area (Å²) in [4.78, 5) is 21.1. The summed E-state index contributed by atoms with van der Waals surface area (Å²) in [5.74, 6) is -0.352. The molecule has 0 radical (unpaired) electrons. The molecule has 34 heavy (non-hydrogen) atoms. The number of rotatable bonds is 8. The average molecular weight is 479 g/mol. The van der Waals surface area contributed by atoms with Crippen molar-refractivity contribution in [2.24, 2.45) is 0 Å². The molecule has 2 N–H and O–H groups in total. The van der Waals surface area contributed by atoms with Crippen LogP contribution in [0.3, 0.4) is 0 Å². The van der Waals surface area contributed by atoms with Crippen molar-refractivity contribution in [3.63, 3.8) is 0 Å². The summed E-state index contributed by atoms with van der Waals surface area (Å²) in [6.07, 6.45) is 9.69. The molecule has 4 aromatic rings. The number of hydrogen-bond donors (Lipinski definition) is 2. The van der Waals surface area contributed by atoms with Gasteiger partial charge in [-0.15, -0.1) is 0 Å². The first kappa shape index (κ1) is 23.4. The maximum absolute atomic E-state index is 12.7. The van der Waals surface area contributed by atoms with E-state index in [2.05, 4.69) is 15.3 Å². The van der Waals surface area contributed by atoms with Crippen LogP contribution in [0.2, 0.25) is 0 Å². The van der Waals surface area contributed by atoms with E-state index in [9.17, 15) is 18.3 Å². The minimum Gasteiger partial charge on any atom is -0.505 e. The number of nitrogens with zero attached hydrogens (tertiary/aromatic N) is 3. The topological polar surface area (TPSA) is 114 Å². The van der Waals surface area contributed by atoms with Crippen molar-refractivity contribution in [1.29, 1.82) is 0 Å². The number of phenols is 1. The van der Waals surface area contributed by atoms with Crippen molar-refractivity contribution < 1.29 is 18.3 Å². The van der Waals surface area contributed by atoms with Crippen LogP contribution in [0.25, 0.3) is 16.6 Å². The highest BCUT2D eigenvalue weighted by molar-refractivity contribution is 7.91. The molecule has 1 unspecified atom stereocenters. The molecule has 0 saturated heterocycles. The van der Waals surface area contributed by atoms with Crippen molar-refractivity contribution >= 4 is 26.6 Å². The summed E-state index contributed by atoms with van der Waals surface area (Å²) in [5, 5.41) is 14.5. The third kappa shape index (κ3) is 4.79. The van der Waals surface area contributed by atoms with Gasteiger partial charge in [-0.2, -0.15) is 0 Å².